The predicted molar refractivity (Wildman–Crippen MR) is 84.0 cm³/mol. The first-order valence-electron chi connectivity index (χ1n) is 7.02. The van der Waals surface area contributed by atoms with Gasteiger partial charge >= 0.3 is 11.9 Å². The fourth-order valence-electron chi connectivity index (χ4n) is 2.54. The number of imide groups is 1. The molecule has 0 aliphatic carbocycles. The third kappa shape index (κ3) is 2.49. The highest BCUT2D eigenvalue weighted by Gasteiger charge is 2.38. The van der Waals surface area contributed by atoms with Crippen molar-refractivity contribution in [2.45, 2.75) is 0 Å². The Balaban J connectivity index is 2.11. The maximum absolute atomic E-state index is 12.6. The Kier molecular flexibility index (Phi) is 3.72. The SMILES string of the molecule is COC(=O)c1ccc(O)c(N2C(=O)c3ccc(C(=O)O)cc3C2=O)c1. The van der Waals surface area contributed by atoms with Gasteiger partial charge in [-0.05, 0) is 36.4 Å². The minimum atomic E-state index is -1.24. The van der Waals surface area contributed by atoms with Crippen molar-refractivity contribution in [2.75, 3.05) is 12.0 Å². The highest BCUT2D eigenvalue weighted by Crippen LogP contribution is 2.35. The van der Waals surface area contributed by atoms with Crippen LogP contribution in [0.4, 0.5) is 5.69 Å². The van der Waals surface area contributed by atoms with E-state index in [2.05, 4.69) is 4.74 Å². The summed E-state index contributed by atoms with van der Waals surface area (Å²) in [6.07, 6.45) is 0. The first kappa shape index (κ1) is 16.2. The molecular formula is C17H11NO7. The molecule has 2 N–H and O–H groups in total. The van der Waals surface area contributed by atoms with E-state index in [1.165, 1.54) is 25.3 Å². The molecule has 25 heavy (non-hydrogen) atoms. The largest absolute Gasteiger partial charge is 0.506 e. The summed E-state index contributed by atoms with van der Waals surface area (Å²) < 4.78 is 4.58. The van der Waals surface area contributed by atoms with Gasteiger partial charge in [-0.3, -0.25) is 9.59 Å². The molecule has 0 saturated carbocycles. The van der Waals surface area contributed by atoms with Crippen LogP contribution in [0.5, 0.6) is 5.75 Å². The van der Waals surface area contributed by atoms with E-state index in [0.29, 0.717) is 4.90 Å². The number of anilines is 1. The Labute approximate surface area is 140 Å². The molecule has 0 radical (unpaired) electrons. The molecule has 0 atom stereocenters. The maximum atomic E-state index is 12.6. The van der Waals surface area contributed by atoms with Crippen molar-refractivity contribution in [3.05, 3.63) is 58.7 Å². The minimum Gasteiger partial charge on any atom is -0.506 e. The van der Waals surface area contributed by atoms with Crippen LogP contribution in [0.1, 0.15) is 41.4 Å². The number of aromatic hydroxyl groups is 1. The highest BCUT2D eigenvalue weighted by molar-refractivity contribution is 6.35. The molecule has 0 bridgehead atoms. The molecular weight excluding hydrogens is 330 g/mol. The highest BCUT2D eigenvalue weighted by atomic mass is 16.5. The second-order valence-corrected chi connectivity index (χ2v) is 5.21. The summed E-state index contributed by atoms with van der Waals surface area (Å²) in [6, 6.07) is 7.14. The molecule has 3 rings (SSSR count). The summed E-state index contributed by atoms with van der Waals surface area (Å²) in [4.78, 5) is 48.5. The number of carboxylic acids is 1. The van der Waals surface area contributed by atoms with E-state index in [1.54, 1.807) is 0 Å². The van der Waals surface area contributed by atoms with Crippen LogP contribution < -0.4 is 4.90 Å². The zero-order valence-corrected chi connectivity index (χ0v) is 12.8. The van der Waals surface area contributed by atoms with Gasteiger partial charge < -0.3 is 14.9 Å². The third-order valence-electron chi connectivity index (χ3n) is 3.77. The van der Waals surface area contributed by atoms with E-state index in [0.717, 1.165) is 18.2 Å². The number of hydrogen-bond acceptors (Lipinski definition) is 6. The van der Waals surface area contributed by atoms with E-state index in [4.69, 9.17) is 5.11 Å². The van der Waals surface area contributed by atoms with Gasteiger partial charge in [0, 0.05) is 0 Å². The lowest BCUT2D eigenvalue weighted by molar-refractivity contribution is 0.0599. The molecule has 126 valence electrons. The standard InChI is InChI=1S/C17H11NO7/c1-25-17(24)9-3-5-13(19)12(7-9)18-14(20)10-4-2-8(16(22)23)6-11(10)15(18)21/h2-7,19H,1H3,(H,22,23). The van der Waals surface area contributed by atoms with Gasteiger partial charge in [0.05, 0.1) is 35.1 Å². The fraction of sp³-hybridized carbons (Fsp3) is 0.0588. The monoisotopic (exact) mass is 341 g/mol. The van der Waals surface area contributed by atoms with Gasteiger partial charge in [-0.15, -0.1) is 0 Å². The van der Waals surface area contributed by atoms with Crippen molar-refractivity contribution in [2.24, 2.45) is 0 Å². The zero-order valence-electron chi connectivity index (χ0n) is 12.8. The molecule has 1 heterocycles. The average molecular weight is 341 g/mol. The van der Waals surface area contributed by atoms with Crippen LogP contribution in [-0.2, 0) is 4.74 Å². The summed E-state index contributed by atoms with van der Waals surface area (Å²) >= 11 is 0. The lowest BCUT2D eigenvalue weighted by atomic mass is 10.1. The van der Waals surface area contributed by atoms with Crippen molar-refractivity contribution in [1.82, 2.24) is 0 Å². The number of nitrogens with zero attached hydrogens (tertiary/aromatic N) is 1. The number of esters is 1. The molecule has 1 aliphatic rings. The molecule has 1 aliphatic heterocycles. The normalized spacial score (nSPS) is 12.9. The van der Waals surface area contributed by atoms with Gasteiger partial charge in [0.15, 0.2) is 0 Å². The number of carboxylic acid groups (broad SMARTS) is 1. The van der Waals surface area contributed by atoms with Crippen LogP contribution in [0.15, 0.2) is 36.4 Å². The second kappa shape index (κ2) is 5.75. The third-order valence-corrected chi connectivity index (χ3v) is 3.77. The number of carbonyl (C=O) groups is 4. The smallest absolute Gasteiger partial charge is 0.337 e. The van der Waals surface area contributed by atoms with Gasteiger partial charge in [-0.25, -0.2) is 14.5 Å². The quantitative estimate of drug-likeness (QED) is 0.643. The fourth-order valence-corrected chi connectivity index (χ4v) is 2.54. The van der Waals surface area contributed by atoms with Crippen LogP contribution in [-0.4, -0.2) is 41.1 Å². The van der Waals surface area contributed by atoms with Crippen molar-refractivity contribution in [3.8, 4) is 5.75 Å². The molecule has 0 fully saturated rings. The van der Waals surface area contributed by atoms with Gasteiger partial charge in [0.25, 0.3) is 11.8 Å². The number of phenols is 1. The van der Waals surface area contributed by atoms with E-state index >= 15 is 0 Å². The van der Waals surface area contributed by atoms with Gasteiger partial charge in [-0.2, -0.15) is 0 Å². The average Bonchev–Trinajstić information content (AvgIpc) is 2.85. The molecule has 0 aromatic heterocycles. The maximum Gasteiger partial charge on any atom is 0.337 e. The lowest BCUT2D eigenvalue weighted by Crippen LogP contribution is -2.29. The van der Waals surface area contributed by atoms with Crippen molar-refractivity contribution >= 4 is 29.4 Å². The molecule has 2 aromatic rings. The summed E-state index contributed by atoms with van der Waals surface area (Å²) in [6.45, 7) is 0. The Morgan fingerprint density at radius 3 is 2.24 bits per heavy atom. The number of benzene rings is 2. The number of fused-ring (bicyclic) bond motifs is 1. The van der Waals surface area contributed by atoms with Crippen molar-refractivity contribution in [3.63, 3.8) is 0 Å². The Hall–Kier alpha value is -3.68. The Bertz CT molecular complexity index is 948. The van der Waals surface area contributed by atoms with Gasteiger partial charge in [0.1, 0.15) is 5.75 Å². The summed E-state index contributed by atoms with van der Waals surface area (Å²) in [5, 5.41) is 19.0. The topological polar surface area (TPSA) is 121 Å². The van der Waals surface area contributed by atoms with Crippen molar-refractivity contribution < 1.29 is 34.1 Å². The molecule has 0 spiro atoms. The van der Waals surface area contributed by atoms with Crippen LogP contribution >= 0.6 is 0 Å². The number of ether oxygens (including phenoxy) is 1. The molecule has 8 nitrogen and oxygen atoms in total. The predicted octanol–water partition coefficient (Wildman–Crippen LogP) is 1.68. The van der Waals surface area contributed by atoms with E-state index in [9.17, 15) is 24.3 Å². The van der Waals surface area contributed by atoms with E-state index in [-0.39, 0.29) is 33.7 Å². The summed E-state index contributed by atoms with van der Waals surface area (Å²) in [5.74, 6) is -3.85. The number of phenolic OH excluding ortho intramolecular Hbond substituents is 1. The molecule has 0 saturated heterocycles. The molecule has 0 unspecified atom stereocenters. The summed E-state index contributed by atoms with van der Waals surface area (Å²) in [7, 11) is 1.17. The number of aromatic carboxylic acids is 1. The number of rotatable bonds is 3. The first-order valence-corrected chi connectivity index (χ1v) is 7.02. The second-order valence-electron chi connectivity index (χ2n) is 5.21. The molecule has 8 heteroatoms. The van der Waals surface area contributed by atoms with Crippen molar-refractivity contribution in [1.29, 1.82) is 0 Å². The van der Waals surface area contributed by atoms with Gasteiger partial charge in [0.2, 0.25) is 0 Å². The zero-order chi connectivity index (χ0) is 18.3. The van der Waals surface area contributed by atoms with Crippen LogP contribution in [0.25, 0.3) is 0 Å². The first-order chi connectivity index (χ1) is 11.8. The number of amides is 2. The Morgan fingerprint density at radius 1 is 0.960 bits per heavy atom. The number of hydrogen-bond donors (Lipinski definition) is 2. The van der Waals surface area contributed by atoms with Crippen LogP contribution in [0.2, 0.25) is 0 Å². The van der Waals surface area contributed by atoms with E-state index in [1.807, 2.05) is 0 Å². The van der Waals surface area contributed by atoms with Gasteiger partial charge in [-0.1, -0.05) is 0 Å². The number of methoxy groups -OCH3 is 1. The van der Waals surface area contributed by atoms with Crippen LogP contribution in [0.3, 0.4) is 0 Å². The molecule has 2 amide bonds. The number of carbonyl (C=O) groups excluding carboxylic acids is 3. The lowest BCUT2D eigenvalue weighted by Gasteiger charge is -2.16. The van der Waals surface area contributed by atoms with Crippen LogP contribution in [0, 0.1) is 0 Å². The minimum absolute atomic E-state index is 0.0119. The van der Waals surface area contributed by atoms with E-state index < -0.39 is 23.8 Å². The summed E-state index contributed by atoms with van der Waals surface area (Å²) in [5.41, 5.74) is -0.371. The Morgan fingerprint density at radius 2 is 1.60 bits per heavy atom. The molecule has 2 aromatic carbocycles.